The van der Waals surface area contributed by atoms with Crippen molar-refractivity contribution in [2.24, 2.45) is 0 Å². The van der Waals surface area contributed by atoms with Gasteiger partial charge in [-0.05, 0) is 48.4 Å². The molecule has 2 fully saturated rings. The molecule has 2 heterocycles. The van der Waals surface area contributed by atoms with E-state index in [1.54, 1.807) is 38.5 Å². The second-order valence-electron chi connectivity index (χ2n) is 14.5. The largest absolute Gasteiger partial charge is 0.459 e. The molecule has 1 N–H and O–H groups in total. The van der Waals surface area contributed by atoms with Gasteiger partial charge in [-0.25, -0.2) is 4.79 Å². The summed E-state index contributed by atoms with van der Waals surface area (Å²) in [6.45, 7) is 21.6. The number of aliphatic hydroxyl groups is 1. The Balaban J connectivity index is 0.000000329. The number of rotatable bonds is 10. The van der Waals surface area contributed by atoms with E-state index in [1.165, 1.54) is 0 Å². The third-order valence-corrected chi connectivity index (χ3v) is 18.2. The van der Waals surface area contributed by atoms with Gasteiger partial charge in [0.2, 0.25) is 0 Å². The fourth-order valence-corrected chi connectivity index (χ4v) is 7.09. The summed E-state index contributed by atoms with van der Waals surface area (Å²) in [7, 11) is 11.3. The topological polar surface area (TPSA) is 102 Å². The van der Waals surface area contributed by atoms with Crippen molar-refractivity contribution in [1.29, 1.82) is 0 Å². The first-order valence-corrected chi connectivity index (χ1v) is 21.1. The quantitative estimate of drug-likeness (QED) is 0.292. The van der Waals surface area contributed by atoms with E-state index < -0.39 is 46.8 Å². The van der Waals surface area contributed by atoms with E-state index in [0.29, 0.717) is 5.56 Å². The van der Waals surface area contributed by atoms with Crippen LogP contribution in [0.4, 0.5) is 0 Å². The normalized spacial score (nSPS) is 29.7. The highest BCUT2D eigenvalue weighted by atomic mass is 28.4. The zero-order valence-electron chi connectivity index (χ0n) is 28.8. The number of hydrogen-bond acceptors (Lipinski definition) is 9. The van der Waals surface area contributed by atoms with E-state index in [2.05, 4.69) is 67.7 Å². The van der Waals surface area contributed by atoms with Crippen molar-refractivity contribution in [2.75, 3.05) is 27.4 Å². The minimum absolute atomic E-state index is 0.0445. The molecule has 9 nitrogen and oxygen atoms in total. The second kappa shape index (κ2) is 15.7. The number of benzene rings is 1. The summed E-state index contributed by atoms with van der Waals surface area (Å²) >= 11 is 0. The summed E-state index contributed by atoms with van der Waals surface area (Å²) in [5.74, 6) is -0.397. The van der Waals surface area contributed by atoms with E-state index in [0.717, 1.165) is 0 Å². The smallest absolute Gasteiger partial charge is 0.338 e. The third kappa shape index (κ3) is 9.74. The first-order chi connectivity index (χ1) is 20.2. The number of hydrogen-bond donors (Lipinski definition) is 1. The lowest BCUT2D eigenvalue weighted by atomic mass is 9.93. The molecule has 2 aliphatic rings. The number of methoxy groups -OCH3 is 2. The van der Waals surface area contributed by atoms with Gasteiger partial charge < -0.3 is 37.6 Å². The fourth-order valence-electron chi connectivity index (χ4n) is 4.48. The van der Waals surface area contributed by atoms with Crippen LogP contribution < -0.4 is 0 Å². The molecule has 2 saturated heterocycles. The van der Waals surface area contributed by atoms with Crippen LogP contribution >= 0.6 is 0 Å². The minimum atomic E-state index is -2.04. The molecule has 0 aliphatic carbocycles. The summed E-state index contributed by atoms with van der Waals surface area (Å²) in [6, 6.07) is 7.69. The van der Waals surface area contributed by atoms with Crippen LogP contribution in [0.25, 0.3) is 0 Å². The lowest BCUT2D eigenvalue weighted by Gasteiger charge is -2.40. The number of ether oxygens (including phenoxy) is 5. The molecule has 0 bridgehead atoms. The van der Waals surface area contributed by atoms with Crippen molar-refractivity contribution in [2.45, 2.75) is 126 Å². The molecule has 3 rings (SSSR count). The molecule has 0 amide bonds. The Morgan fingerprint density at radius 3 is 1.57 bits per heavy atom. The summed E-state index contributed by atoms with van der Waals surface area (Å²) in [4.78, 5) is 12.1. The van der Waals surface area contributed by atoms with Crippen LogP contribution in [0.2, 0.25) is 36.3 Å². The molecule has 2 aliphatic heterocycles. The van der Waals surface area contributed by atoms with Crippen LogP contribution in [0.3, 0.4) is 0 Å². The van der Waals surface area contributed by atoms with Crippen molar-refractivity contribution in [1.82, 2.24) is 0 Å². The van der Waals surface area contributed by atoms with Gasteiger partial charge in [-0.2, -0.15) is 0 Å². The van der Waals surface area contributed by atoms with Gasteiger partial charge in [0, 0.05) is 26.2 Å². The highest BCUT2D eigenvalue weighted by Crippen LogP contribution is 2.41. The average molecular weight is 649 g/mol. The molecule has 0 spiro atoms. The lowest BCUT2D eigenvalue weighted by molar-refractivity contribution is -0.0389. The van der Waals surface area contributed by atoms with E-state index in [4.69, 9.17) is 48.2 Å². The van der Waals surface area contributed by atoms with Gasteiger partial charge in [-0.15, -0.1) is 0 Å². The summed E-state index contributed by atoms with van der Waals surface area (Å²) in [5, 5.41) is 9.40. The molecule has 8 atom stereocenters. The van der Waals surface area contributed by atoms with Gasteiger partial charge in [-0.1, -0.05) is 59.7 Å². The molecule has 0 saturated carbocycles. The highest BCUT2D eigenvalue weighted by molar-refractivity contribution is 6.74. The molecule has 1 aromatic carbocycles. The Kier molecular flexibility index (Phi) is 14.0. The SMILES string of the molecule is [B][C@@H]1O[C@H](CO)[C@H](OC)C1O[Si](C)(C)C(C)(C)C.[B][C@@H]1O[C@H](COC(=O)c2ccccc2)[C@H](OC)C1O[Si](C)(C)C(C)(C)C. The molecule has 0 aromatic heterocycles. The van der Waals surface area contributed by atoms with Gasteiger partial charge >= 0.3 is 5.97 Å². The van der Waals surface area contributed by atoms with Crippen LogP contribution in [0, 0.1) is 0 Å². The van der Waals surface area contributed by atoms with Crippen LogP contribution in [-0.4, -0.2) is 119 Å². The van der Waals surface area contributed by atoms with Crippen LogP contribution in [-0.2, 0) is 32.5 Å². The van der Waals surface area contributed by atoms with Crippen molar-refractivity contribution in [3.63, 3.8) is 0 Å². The zero-order valence-corrected chi connectivity index (χ0v) is 30.8. The molecular weight excluding hydrogens is 594 g/mol. The maximum Gasteiger partial charge on any atom is 0.338 e. The summed E-state index contributed by atoms with van der Waals surface area (Å²) in [6.07, 6.45) is -2.26. The maximum atomic E-state index is 12.1. The Morgan fingerprint density at radius 2 is 1.18 bits per heavy atom. The minimum Gasteiger partial charge on any atom is -0.459 e. The Bertz CT molecular complexity index is 1030. The van der Waals surface area contributed by atoms with Gasteiger partial charge in [0.15, 0.2) is 16.6 Å². The van der Waals surface area contributed by atoms with Crippen molar-refractivity contribution in [3.05, 3.63) is 35.9 Å². The lowest BCUT2D eigenvalue weighted by Crippen LogP contribution is -2.50. The summed E-state index contributed by atoms with van der Waals surface area (Å²) < 4.78 is 40.4. The van der Waals surface area contributed by atoms with E-state index >= 15 is 0 Å². The fraction of sp³-hybridized carbons (Fsp3) is 0.774. The van der Waals surface area contributed by atoms with Gasteiger partial charge in [0.1, 0.15) is 46.7 Å². The predicted molar refractivity (Wildman–Crippen MR) is 178 cm³/mol. The predicted octanol–water partition coefficient (Wildman–Crippen LogP) is 4.42. The van der Waals surface area contributed by atoms with Crippen molar-refractivity contribution >= 4 is 38.3 Å². The molecule has 246 valence electrons. The van der Waals surface area contributed by atoms with E-state index in [-0.39, 0.29) is 47.7 Å². The number of aliphatic hydroxyl groups excluding tert-OH is 1. The monoisotopic (exact) mass is 648 g/mol. The van der Waals surface area contributed by atoms with Crippen LogP contribution in [0.5, 0.6) is 0 Å². The van der Waals surface area contributed by atoms with Crippen molar-refractivity contribution < 1.29 is 42.4 Å². The third-order valence-electron chi connectivity index (χ3n) is 9.28. The van der Waals surface area contributed by atoms with Gasteiger partial charge in [-0.3, -0.25) is 0 Å². The Morgan fingerprint density at radius 1 is 0.773 bits per heavy atom. The average Bonchev–Trinajstić information content (AvgIpc) is 3.40. The Hall–Kier alpha value is -1.03. The van der Waals surface area contributed by atoms with Gasteiger partial charge in [0.25, 0.3) is 0 Å². The standard InChI is InChI=1S/C19H29BO5Si.C12H25BO4Si/c1-19(2,3)26(5,6)25-16-15(22-4)14(24-17(16)20)12-23-18(21)13-10-8-7-9-11-13;1-12(2,3)18(5,6)17-10-9(15-4)8(7-14)16-11(10)13/h7-11,14-17H,12H2,1-6H3;8-11,14H,7H2,1-6H3/t14-,15+,16?,17-;8-,9+,10?,11-/m11/s1. The first kappa shape index (κ1) is 39.2. The van der Waals surface area contributed by atoms with E-state index in [1.807, 2.05) is 6.07 Å². The van der Waals surface area contributed by atoms with Crippen molar-refractivity contribution in [3.8, 4) is 0 Å². The van der Waals surface area contributed by atoms with Gasteiger partial charge in [0.05, 0.1) is 24.4 Å². The molecule has 4 radical (unpaired) electrons. The highest BCUT2D eigenvalue weighted by Gasteiger charge is 2.50. The maximum absolute atomic E-state index is 12.1. The number of esters is 1. The van der Waals surface area contributed by atoms with E-state index in [9.17, 15) is 9.90 Å². The number of carbonyl (C=O) groups is 1. The zero-order chi connectivity index (χ0) is 33.7. The molecule has 13 heteroatoms. The first-order valence-electron chi connectivity index (χ1n) is 15.3. The second-order valence-corrected chi connectivity index (χ2v) is 24.0. The molecule has 44 heavy (non-hydrogen) atoms. The van der Waals surface area contributed by atoms with Crippen LogP contribution in [0.1, 0.15) is 51.9 Å². The summed E-state index contributed by atoms with van der Waals surface area (Å²) in [5.41, 5.74) is 0.498. The molecule has 2 unspecified atom stereocenters. The number of carbonyl (C=O) groups excluding carboxylic acids is 1. The Labute approximate surface area is 270 Å². The van der Waals surface area contributed by atoms with Crippen LogP contribution in [0.15, 0.2) is 30.3 Å². The molecular formula is C31H54B2O9Si2. The molecule has 1 aromatic rings.